The van der Waals surface area contributed by atoms with Gasteiger partial charge in [0, 0.05) is 0 Å². The molecular weight excluding hydrogens is 268 g/mol. The van der Waals surface area contributed by atoms with Gasteiger partial charge in [-0.1, -0.05) is 26.3 Å². The first-order valence-electron chi connectivity index (χ1n) is 7.48. The Hall–Kier alpha value is -1.75. The van der Waals surface area contributed by atoms with E-state index in [1.807, 2.05) is 39.0 Å². The molecule has 0 saturated carbocycles. The molecule has 5 nitrogen and oxygen atoms in total. The number of rotatable bonds is 5. The van der Waals surface area contributed by atoms with Gasteiger partial charge in [0.25, 0.3) is 0 Å². The maximum absolute atomic E-state index is 12.1. The number of hydrogen-bond donors (Lipinski definition) is 2. The van der Waals surface area contributed by atoms with Crippen molar-refractivity contribution in [1.82, 2.24) is 5.32 Å². The van der Waals surface area contributed by atoms with Gasteiger partial charge in [-0.15, -0.1) is 0 Å². The lowest BCUT2D eigenvalue weighted by molar-refractivity contribution is -0.124. The molecule has 0 bridgehead atoms. The van der Waals surface area contributed by atoms with E-state index in [4.69, 9.17) is 15.2 Å². The summed E-state index contributed by atoms with van der Waals surface area (Å²) in [5.41, 5.74) is 6.93. The van der Waals surface area contributed by atoms with Gasteiger partial charge in [0.05, 0.1) is 12.1 Å². The number of nitrogens with two attached hydrogens (primary N) is 1. The van der Waals surface area contributed by atoms with Crippen LogP contribution in [0.2, 0.25) is 0 Å². The van der Waals surface area contributed by atoms with Crippen LogP contribution in [0.15, 0.2) is 18.2 Å². The van der Waals surface area contributed by atoms with E-state index in [1.54, 1.807) is 0 Å². The first-order chi connectivity index (χ1) is 10.0. The highest BCUT2D eigenvalue weighted by Gasteiger charge is 2.22. The highest BCUT2D eigenvalue weighted by atomic mass is 16.6. The average Bonchev–Trinajstić information content (AvgIpc) is 2.52. The van der Waals surface area contributed by atoms with E-state index in [0.717, 1.165) is 23.5 Å². The minimum absolute atomic E-state index is 0.119. The standard InChI is InChI=1S/C16H24N2O3/c1-4-10(2)15(17)16(19)18-11(3)12-5-6-13-14(9-12)21-8-7-20-13/h5-6,9-11,15H,4,7-8,17H2,1-3H3,(H,18,19)/t10?,11?,15-/m0/s1. The smallest absolute Gasteiger partial charge is 0.237 e. The topological polar surface area (TPSA) is 73.6 Å². The van der Waals surface area contributed by atoms with Gasteiger partial charge >= 0.3 is 0 Å². The molecule has 1 aliphatic rings. The van der Waals surface area contributed by atoms with Crippen LogP contribution in [0.3, 0.4) is 0 Å². The summed E-state index contributed by atoms with van der Waals surface area (Å²) in [6.07, 6.45) is 0.882. The number of fused-ring (bicyclic) bond motifs is 1. The van der Waals surface area contributed by atoms with Gasteiger partial charge in [0.1, 0.15) is 13.2 Å². The van der Waals surface area contributed by atoms with Crippen molar-refractivity contribution in [3.05, 3.63) is 23.8 Å². The van der Waals surface area contributed by atoms with Crippen molar-refractivity contribution in [3.63, 3.8) is 0 Å². The van der Waals surface area contributed by atoms with E-state index < -0.39 is 6.04 Å². The molecule has 21 heavy (non-hydrogen) atoms. The fourth-order valence-electron chi connectivity index (χ4n) is 2.23. The molecule has 3 N–H and O–H groups in total. The predicted octanol–water partition coefficient (Wildman–Crippen LogP) is 2.01. The van der Waals surface area contributed by atoms with Crippen molar-refractivity contribution >= 4 is 5.91 Å². The normalized spacial score (nSPS) is 17.7. The van der Waals surface area contributed by atoms with Crippen molar-refractivity contribution in [1.29, 1.82) is 0 Å². The molecule has 1 aromatic rings. The van der Waals surface area contributed by atoms with Gasteiger partial charge in [-0.25, -0.2) is 0 Å². The summed E-state index contributed by atoms with van der Waals surface area (Å²) in [6.45, 7) is 7.08. The molecular formula is C16H24N2O3. The Morgan fingerprint density at radius 3 is 2.62 bits per heavy atom. The Kier molecular flexibility index (Phi) is 5.07. The Bertz CT molecular complexity index is 504. The lowest BCUT2D eigenvalue weighted by atomic mass is 9.98. The number of nitrogens with one attached hydrogen (secondary N) is 1. The second-order valence-electron chi connectivity index (χ2n) is 5.54. The molecule has 1 amide bonds. The Morgan fingerprint density at radius 2 is 1.95 bits per heavy atom. The third-order valence-electron chi connectivity index (χ3n) is 3.98. The fraction of sp³-hybridized carbons (Fsp3) is 0.562. The number of carbonyl (C=O) groups is 1. The van der Waals surface area contributed by atoms with Crippen LogP contribution in [0.4, 0.5) is 0 Å². The summed E-state index contributed by atoms with van der Waals surface area (Å²) in [5, 5.41) is 2.96. The van der Waals surface area contributed by atoms with Gasteiger partial charge in [0.2, 0.25) is 5.91 Å². The van der Waals surface area contributed by atoms with Crippen LogP contribution < -0.4 is 20.5 Å². The van der Waals surface area contributed by atoms with Gasteiger partial charge in [-0.3, -0.25) is 4.79 Å². The first kappa shape index (κ1) is 15.6. The summed E-state index contributed by atoms with van der Waals surface area (Å²) >= 11 is 0. The van der Waals surface area contributed by atoms with Crippen LogP contribution in [-0.2, 0) is 4.79 Å². The maximum atomic E-state index is 12.1. The summed E-state index contributed by atoms with van der Waals surface area (Å²) in [4.78, 5) is 12.1. The van der Waals surface area contributed by atoms with Crippen LogP contribution in [-0.4, -0.2) is 25.2 Å². The van der Waals surface area contributed by atoms with Crippen LogP contribution in [0.5, 0.6) is 11.5 Å². The molecule has 0 aromatic heterocycles. The monoisotopic (exact) mass is 292 g/mol. The second kappa shape index (κ2) is 6.80. The number of amides is 1. The van der Waals surface area contributed by atoms with Gasteiger partial charge in [-0.05, 0) is 30.5 Å². The first-order valence-corrected chi connectivity index (χ1v) is 7.48. The lowest BCUT2D eigenvalue weighted by Crippen LogP contribution is -2.45. The SMILES string of the molecule is CCC(C)[C@H](N)C(=O)NC(C)c1ccc2c(c1)OCCO2. The number of carbonyl (C=O) groups excluding carboxylic acids is 1. The molecule has 3 atom stereocenters. The van der Waals surface area contributed by atoms with Crippen molar-refractivity contribution < 1.29 is 14.3 Å². The Balaban J connectivity index is 2.03. The minimum Gasteiger partial charge on any atom is -0.486 e. The molecule has 1 aromatic carbocycles. The van der Waals surface area contributed by atoms with E-state index in [1.165, 1.54) is 0 Å². The van der Waals surface area contributed by atoms with Crippen molar-refractivity contribution in [2.75, 3.05) is 13.2 Å². The van der Waals surface area contributed by atoms with Gasteiger partial charge in [-0.2, -0.15) is 0 Å². The zero-order chi connectivity index (χ0) is 15.4. The quantitative estimate of drug-likeness (QED) is 0.870. The summed E-state index contributed by atoms with van der Waals surface area (Å²) in [5.74, 6) is 1.52. The molecule has 0 aliphatic carbocycles. The van der Waals surface area contributed by atoms with Crippen molar-refractivity contribution in [3.8, 4) is 11.5 Å². The summed E-state index contributed by atoms with van der Waals surface area (Å²) < 4.78 is 11.1. The highest BCUT2D eigenvalue weighted by Crippen LogP contribution is 2.32. The number of ether oxygens (including phenoxy) is 2. The molecule has 2 unspecified atom stereocenters. The summed E-state index contributed by atoms with van der Waals surface area (Å²) in [7, 11) is 0. The molecule has 0 radical (unpaired) electrons. The number of hydrogen-bond acceptors (Lipinski definition) is 4. The Morgan fingerprint density at radius 1 is 1.29 bits per heavy atom. The van der Waals surface area contributed by atoms with E-state index in [9.17, 15) is 4.79 Å². The maximum Gasteiger partial charge on any atom is 0.237 e. The van der Waals surface area contributed by atoms with Crippen LogP contribution in [0.25, 0.3) is 0 Å². The van der Waals surface area contributed by atoms with Crippen molar-refractivity contribution in [2.24, 2.45) is 11.7 Å². The minimum atomic E-state index is -0.477. The van der Waals surface area contributed by atoms with E-state index in [0.29, 0.717) is 13.2 Å². The zero-order valence-electron chi connectivity index (χ0n) is 12.9. The third kappa shape index (κ3) is 3.67. The lowest BCUT2D eigenvalue weighted by Gasteiger charge is -2.23. The van der Waals surface area contributed by atoms with Crippen LogP contribution in [0, 0.1) is 5.92 Å². The molecule has 116 valence electrons. The van der Waals surface area contributed by atoms with E-state index in [-0.39, 0.29) is 17.9 Å². The Labute approximate surface area is 125 Å². The fourth-order valence-corrected chi connectivity index (χ4v) is 2.23. The second-order valence-corrected chi connectivity index (χ2v) is 5.54. The zero-order valence-corrected chi connectivity index (χ0v) is 12.9. The molecule has 0 fully saturated rings. The molecule has 0 saturated heterocycles. The molecule has 1 heterocycles. The average molecular weight is 292 g/mol. The van der Waals surface area contributed by atoms with Crippen molar-refractivity contribution in [2.45, 2.75) is 39.3 Å². The highest BCUT2D eigenvalue weighted by molar-refractivity contribution is 5.82. The number of benzene rings is 1. The molecule has 5 heteroatoms. The van der Waals surface area contributed by atoms with E-state index >= 15 is 0 Å². The third-order valence-corrected chi connectivity index (χ3v) is 3.98. The summed E-state index contributed by atoms with van der Waals surface area (Å²) in [6, 6.07) is 5.13. The predicted molar refractivity (Wildman–Crippen MR) is 81.4 cm³/mol. The van der Waals surface area contributed by atoms with E-state index in [2.05, 4.69) is 5.32 Å². The molecule has 2 rings (SSSR count). The molecule has 1 aliphatic heterocycles. The van der Waals surface area contributed by atoms with Gasteiger partial charge < -0.3 is 20.5 Å². The largest absolute Gasteiger partial charge is 0.486 e. The van der Waals surface area contributed by atoms with Crippen LogP contribution in [0.1, 0.15) is 38.8 Å². The van der Waals surface area contributed by atoms with Gasteiger partial charge in [0.15, 0.2) is 11.5 Å². The van der Waals surface area contributed by atoms with Crippen LogP contribution >= 0.6 is 0 Å². The molecule has 0 spiro atoms.